The highest BCUT2D eigenvalue weighted by atomic mass is 16.6. The number of primary amides is 1. The average molecular weight is 559 g/mol. The summed E-state index contributed by atoms with van der Waals surface area (Å²) in [6.45, 7) is 11.7. The molecule has 0 unspecified atom stereocenters. The molecule has 0 bridgehead atoms. The van der Waals surface area contributed by atoms with Crippen LogP contribution < -0.4 is 11.1 Å². The summed E-state index contributed by atoms with van der Waals surface area (Å²) in [5.41, 5.74) is 7.65. The van der Waals surface area contributed by atoms with Crippen LogP contribution in [0.15, 0.2) is 67.8 Å². The lowest BCUT2D eigenvalue weighted by Crippen LogP contribution is -2.55. The summed E-state index contributed by atoms with van der Waals surface area (Å²) in [5.74, 6) is -1.40. The molecule has 0 aromatic heterocycles. The Kier molecular flexibility index (Phi) is 8.95. The molecule has 4 rings (SSSR count). The second-order valence-corrected chi connectivity index (χ2v) is 11.1. The number of nitrogens with two attached hydrogens (primary N) is 1. The second kappa shape index (κ2) is 12.4. The number of carbonyl (C=O) groups is 4. The van der Waals surface area contributed by atoms with Crippen LogP contribution in [-0.2, 0) is 31.1 Å². The Morgan fingerprint density at radius 1 is 1.20 bits per heavy atom. The van der Waals surface area contributed by atoms with E-state index in [2.05, 4.69) is 18.5 Å². The number of nitrogens with zero attached hydrogens (tertiary/aromatic N) is 2. The van der Waals surface area contributed by atoms with Gasteiger partial charge in [-0.3, -0.25) is 19.3 Å². The molecule has 1 spiro atoms. The first kappa shape index (κ1) is 29.6. The van der Waals surface area contributed by atoms with E-state index in [0.717, 1.165) is 11.1 Å². The molecule has 2 aliphatic heterocycles. The van der Waals surface area contributed by atoms with Crippen molar-refractivity contribution in [3.8, 4) is 0 Å². The van der Waals surface area contributed by atoms with Gasteiger partial charge in [-0.2, -0.15) is 0 Å². The number of carbonyl (C=O) groups excluding carboxylic acids is 4. The number of nitrogens with one attached hydrogen (secondary N) is 1. The number of likely N-dealkylation sites (tertiary alicyclic amines) is 1. The highest BCUT2D eigenvalue weighted by Gasteiger charge is 2.58. The molecule has 3 N–H and O–H groups in total. The van der Waals surface area contributed by atoms with Gasteiger partial charge in [0.1, 0.15) is 18.7 Å². The van der Waals surface area contributed by atoms with Crippen molar-refractivity contribution >= 4 is 35.6 Å². The highest BCUT2D eigenvalue weighted by molar-refractivity contribution is 6.08. The minimum Gasteiger partial charge on any atom is -0.445 e. The molecule has 0 saturated carbocycles. The van der Waals surface area contributed by atoms with Crippen molar-refractivity contribution in [2.24, 2.45) is 11.7 Å². The predicted octanol–water partition coefficient (Wildman–Crippen LogP) is 4.24. The molecule has 2 aromatic carbocycles. The monoisotopic (exact) mass is 558 g/mol. The molecule has 2 heterocycles. The Hall–Kier alpha value is -4.40. The van der Waals surface area contributed by atoms with Crippen LogP contribution in [0.1, 0.15) is 49.8 Å². The maximum absolute atomic E-state index is 14.4. The van der Waals surface area contributed by atoms with Crippen LogP contribution in [0.2, 0.25) is 0 Å². The van der Waals surface area contributed by atoms with Crippen LogP contribution >= 0.6 is 0 Å². The average Bonchev–Trinajstić information content (AvgIpc) is 3.49. The van der Waals surface area contributed by atoms with Gasteiger partial charge in [0.25, 0.3) is 0 Å². The fraction of sp³-hybridized carbons (Fsp3) is 0.375. The molecule has 41 heavy (non-hydrogen) atoms. The molecule has 1 fully saturated rings. The van der Waals surface area contributed by atoms with Gasteiger partial charge < -0.3 is 20.7 Å². The second-order valence-electron chi connectivity index (χ2n) is 11.1. The molecule has 4 amide bonds. The Morgan fingerprint density at radius 3 is 2.56 bits per heavy atom. The third kappa shape index (κ3) is 6.04. The number of fused-ring (bicyclic) bond motifs is 2. The minimum atomic E-state index is -1.15. The van der Waals surface area contributed by atoms with Crippen LogP contribution in [0.5, 0.6) is 0 Å². The third-order valence-corrected chi connectivity index (χ3v) is 7.82. The summed E-state index contributed by atoms with van der Waals surface area (Å²) in [6.07, 6.45) is 3.52. The van der Waals surface area contributed by atoms with Crippen LogP contribution in [0.25, 0.3) is 6.08 Å². The van der Waals surface area contributed by atoms with E-state index in [9.17, 15) is 19.2 Å². The van der Waals surface area contributed by atoms with Gasteiger partial charge in [-0.1, -0.05) is 69.0 Å². The number of ether oxygens (including phenoxy) is 1. The standard InChI is InChI=1S/C32H38N4O5/c1-5-7-15-35(31(40)41-19-23-11-9-8-10-12-23)26(16-21(3)4)29(38)36-20-32(18-27(36)28(33)37)24-17-22(6-2)13-14-25(24)34-30(32)39/h5-6,8-14,17,21,26-27H,1-2,7,15-16,18-20H2,3-4H3,(H2,33,37)(H,34,39)/t26-,27-,32-/m0/s1. The minimum absolute atomic E-state index is 0.0337. The van der Waals surface area contributed by atoms with Gasteiger partial charge in [-0.15, -0.1) is 6.58 Å². The maximum Gasteiger partial charge on any atom is 0.410 e. The molecule has 2 aromatic rings. The van der Waals surface area contributed by atoms with Gasteiger partial charge in [-0.05, 0) is 54.0 Å². The van der Waals surface area contributed by atoms with E-state index in [1.807, 2.05) is 56.3 Å². The maximum atomic E-state index is 14.4. The summed E-state index contributed by atoms with van der Waals surface area (Å²) >= 11 is 0. The molecule has 9 nitrogen and oxygen atoms in total. The first-order chi connectivity index (χ1) is 19.6. The molecular formula is C32H38N4O5. The van der Waals surface area contributed by atoms with E-state index in [0.29, 0.717) is 24.1 Å². The van der Waals surface area contributed by atoms with Crippen molar-refractivity contribution in [2.75, 3.05) is 18.4 Å². The number of anilines is 1. The summed E-state index contributed by atoms with van der Waals surface area (Å²) in [6, 6.07) is 12.8. The Labute approximate surface area is 241 Å². The molecule has 9 heteroatoms. The van der Waals surface area contributed by atoms with E-state index >= 15 is 0 Å². The molecule has 1 saturated heterocycles. The fourth-order valence-corrected chi connectivity index (χ4v) is 5.72. The molecule has 0 aliphatic carbocycles. The van der Waals surface area contributed by atoms with Crippen LogP contribution in [0, 0.1) is 5.92 Å². The molecule has 0 radical (unpaired) electrons. The van der Waals surface area contributed by atoms with E-state index in [1.165, 1.54) is 9.80 Å². The van der Waals surface area contributed by atoms with Crippen LogP contribution in [0.4, 0.5) is 10.5 Å². The van der Waals surface area contributed by atoms with Crippen molar-refractivity contribution in [1.82, 2.24) is 9.80 Å². The Bertz CT molecular complexity index is 1340. The summed E-state index contributed by atoms with van der Waals surface area (Å²) in [5, 5.41) is 2.90. The summed E-state index contributed by atoms with van der Waals surface area (Å²) in [7, 11) is 0. The molecular weight excluding hydrogens is 520 g/mol. The number of hydrogen-bond acceptors (Lipinski definition) is 5. The number of benzene rings is 2. The highest BCUT2D eigenvalue weighted by Crippen LogP contribution is 2.47. The van der Waals surface area contributed by atoms with E-state index in [4.69, 9.17) is 10.5 Å². The van der Waals surface area contributed by atoms with E-state index in [-0.39, 0.29) is 37.9 Å². The van der Waals surface area contributed by atoms with Gasteiger partial charge in [0.2, 0.25) is 17.7 Å². The van der Waals surface area contributed by atoms with Crippen molar-refractivity contribution in [2.45, 2.75) is 57.2 Å². The zero-order chi connectivity index (χ0) is 29.7. The first-order valence-electron chi connectivity index (χ1n) is 13.9. The number of hydrogen-bond donors (Lipinski definition) is 2. The topological polar surface area (TPSA) is 122 Å². The van der Waals surface area contributed by atoms with E-state index < -0.39 is 35.4 Å². The quantitative estimate of drug-likeness (QED) is 0.400. The normalized spacial score (nSPS) is 19.9. The zero-order valence-corrected chi connectivity index (χ0v) is 23.7. The lowest BCUT2D eigenvalue weighted by atomic mass is 9.79. The van der Waals surface area contributed by atoms with Crippen molar-refractivity contribution < 1.29 is 23.9 Å². The largest absolute Gasteiger partial charge is 0.445 e. The zero-order valence-electron chi connectivity index (χ0n) is 23.7. The Balaban J connectivity index is 1.67. The summed E-state index contributed by atoms with van der Waals surface area (Å²) < 4.78 is 5.64. The first-order valence-corrected chi connectivity index (χ1v) is 13.9. The number of amides is 4. The van der Waals surface area contributed by atoms with Gasteiger partial charge in [0, 0.05) is 18.8 Å². The van der Waals surface area contributed by atoms with E-state index in [1.54, 1.807) is 18.2 Å². The van der Waals surface area contributed by atoms with Gasteiger partial charge >= 0.3 is 6.09 Å². The van der Waals surface area contributed by atoms with Crippen molar-refractivity contribution in [3.63, 3.8) is 0 Å². The molecule has 216 valence electrons. The Morgan fingerprint density at radius 2 is 1.93 bits per heavy atom. The lowest BCUT2D eigenvalue weighted by molar-refractivity contribution is -0.142. The van der Waals surface area contributed by atoms with Gasteiger partial charge in [-0.25, -0.2) is 4.79 Å². The molecule has 2 aliphatic rings. The van der Waals surface area contributed by atoms with Gasteiger partial charge in [0.15, 0.2) is 0 Å². The smallest absolute Gasteiger partial charge is 0.410 e. The SMILES string of the molecule is C=CCCN(C(=O)OCc1ccccc1)[C@@H](CC(C)C)C(=O)N1C[C@]2(C[C@H]1C(N)=O)C(=O)Nc1ccc(C=C)cc12. The number of rotatable bonds is 11. The van der Waals surface area contributed by atoms with Crippen LogP contribution in [-0.4, -0.2) is 58.8 Å². The van der Waals surface area contributed by atoms with Crippen molar-refractivity contribution in [1.29, 1.82) is 0 Å². The van der Waals surface area contributed by atoms with Crippen LogP contribution in [0.3, 0.4) is 0 Å². The fourth-order valence-electron chi connectivity index (χ4n) is 5.72. The third-order valence-electron chi connectivity index (χ3n) is 7.82. The molecule has 3 atom stereocenters. The van der Waals surface area contributed by atoms with Crippen molar-refractivity contribution in [3.05, 3.63) is 84.5 Å². The predicted molar refractivity (Wildman–Crippen MR) is 158 cm³/mol. The lowest BCUT2D eigenvalue weighted by Gasteiger charge is -2.35. The van der Waals surface area contributed by atoms with Gasteiger partial charge in [0.05, 0.1) is 5.41 Å². The summed E-state index contributed by atoms with van der Waals surface area (Å²) in [4.78, 5) is 56.8.